The lowest BCUT2D eigenvalue weighted by Gasteiger charge is -2.52. The van der Waals surface area contributed by atoms with E-state index in [4.69, 9.17) is 4.74 Å². The minimum atomic E-state index is -4.88. The molecule has 0 radical (unpaired) electrons. The number of amides is 1. The van der Waals surface area contributed by atoms with Crippen molar-refractivity contribution in [2.24, 2.45) is 12.5 Å². The van der Waals surface area contributed by atoms with Crippen LogP contribution in [0.15, 0.2) is 65.5 Å². The van der Waals surface area contributed by atoms with Gasteiger partial charge in [-0.05, 0) is 47.7 Å². The fourth-order valence-electron chi connectivity index (χ4n) is 7.16. The van der Waals surface area contributed by atoms with Crippen molar-refractivity contribution in [3.63, 3.8) is 0 Å². The second-order valence-corrected chi connectivity index (χ2v) is 13.1. The minimum absolute atomic E-state index is 0.0249. The Bertz CT molecular complexity index is 2000. The van der Waals surface area contributed by atoms with E-state index >= 15 is 0 Å². The van der Waals surface area contributed by atoms with Crippen LogP contribution in [0.5, 0.6) is 0 Å². The van der Waals surface area contributed by atoms with Gasteiger partial charge in [0.05, 0.1) is 22.1 Å². The van der Waals surface area contributed by atoms with Crippen LogP contribution in [0.1, 0.15) is 30.9 Å². The van der Waals surface area contributed by atoms with Gasteiger partial charge in [0, 0.05) is 44.6 Å². The number of carboxylic acid groups (broad SMARTS) is 1. The van der Waals surface area contributed by atoms with Gasteiger partial charge in [-0.3, -0.25) is 14.5 Å². The molecule has 0 aliphatic carbocycles. The van der Waals surface area contributed by atoms with Crippen molar-refractivity contribution in [1.82, 2.24) is 14.8 Å². The van der Waals surface area contributed by atoms with E-state index in [0.717, 1.165) is 4.57 Å². The molecule has 0 saturated carbocycles. The predicted molar refractivity (Wildman–Crippen MR) is 169 cm³/mol. The van der Waals surface area contributed by atoms with Crippen LogP contribution in [0, 0.1) is 5.41 Å². The van der Waals surface area contributed by atoms with Gasteiger partial charge in [-0.15, -0.1) is 0 Å². The lowest BCUT2D eigenvalue weighted by Crippen LogP contribution is -2.66. The van der Waals surface area contributed by atoms with Gasteiger partial charge in [0.2, 0.25) is 5.91 Å². The van der Waals surface area contributed by atoms with E-state index in [-0.39, 0.29) is 49.0 Å². The highest BCUT2D eigenvalue weighted by molar-refractivity contribution is 6.02. The molecule has 49 heavy (non-hydrogen) atoms. The van der Waals surface area contributed by atoms with Gasteiger partial charge in [0.15, 0.2) is 6.10 Å². The zero-order valence-electron chi connectivity index (χ0n) is 26.5. The summed E-state index contributed by atoms with van der Waals surface area (Å²) < 4.78 is 89.7. The number of hydrogen-bond acceptors (Lipinski definition) is 5. The Kier molecular flexibility index (Phi) is 8.76. The third-order valence-corrected chi connectivity index (χ3v) is 9.69. The summed E-state index contributed by atoms with van der Waals surface area (Å²) in [5, 5.41) is 13.2. The maximum atomic E-state index is 14.7. The number of carboxylic acids is 1. The number of aliphatic carboxylic acids is 1. The summed E-state index contributed by atoms with van der Waals surface area (Å²) in [5.41, 5.74) is -2.94. The first-order valence-corrected chi connectivity index (χ1v) is 15.7. The number of benzene rings is 3. The molecular formula is C35H33F6N3O5. The van der Waals surface area contributed by atoms with Crippen molar-refractivity contribution in [3.05, 3.63) is 82.1 Å². The molecule has 2 fully saturated rings. The van der Waals surface area contributed by atoms with Crippen LogP contribution in [0.2, 0.25) is 0 Å². The Balaban J connectivity index is 1.28. The van der Waals surface area contributed by atoms with Gasteiger partial charge in [0.25, 0.3) is 5.56 Å². The molecule has 2 aliphatic heterocycles. The predicted octanol–water partition coefficient (Wildman–Crippen LogP) is 5.92. The monoisotopic (exact) mass is 689 g/mol. The zero-order valence-corrected chi connectivity index (χ0v) is 26.5. The number of carbonyl (C=O) groups is 2. The molecule has 6 rings (SSSR count). The van der Waals surface area contributed by atoms with Crippen LogP contribution in [0.3, 0.4) is 0 Å². The number of ether oxygens (including phenoxy) is 1. The van der Waals surface area contributed by atoms with Crippen LogP contribution in [0.4, 0.5) is 26.3 Å². The molecule has 2 saturated heterocycles. The molecule has 3 aromatic carbocycles. The number of pyridine rings is 1. The number of nitrogens with zero attached hydrogens (tertiary/aromatic N) is 2. The maximum Gasteiger partial charge on any atom is 0.417 e. The second kappa shape index (κ2) is 12.5. The van der Waals surface area contributed by atoms with Gasteiger partial charge in [0.1, 0.15) is 6.04 Å². The van der Waals surface area contributed by atoms with Crippen LogP contribution in [-0.2, 0) is 34.0 Å². The standard InChI is InChI=1S/C35H33F6N3O5/c1-33(17-44(18-33)20-13-14-49-27(16-20)34(36,37)38)32(48)42-25(31(46)47)15-19-7-5-10-22-21(19)9-6-11-23(22)28-29(35(39,40)41)24-8-3-4-12-26(24)43(2)30(28)45/h3-12,20,25,27H,13-18H2,1-2H3,(H,42,48)(H,46,47)/t20?,25-,27?/m0/s1. The molecule has 4 aromatic rings. The highest BCUT2D eigenvalue weighted by Crippen LogP contribution is 2.42. The SMILES string of the molecule is Cn1c(=O)c(-c2cccc3c(C[C@H](NC(=O)C4(C)CN(C5CCOC(C(F)(F)F)C5)C4)C(=O)O)cccc23)c(C(F)(F)F)c2ccccc21. The number of para-hydroxylation sites is 1. The number of aromatic nitrogens is 1. The minimum Gasteiger partial charge on any atom is -0.480 e. The Labute approximate surface area is 276 Å². The Morgan fingerprint density at radius 1 is 0.980 bits per heavy atom. The van der Waals surface area contributed by atoms with Crippen LogP contribution < -0.4 is 10.9 Å². The second-order valence-electron chi connectivity index (χ2n) is 13.1. The van der Waals surface area contributed by atoms with E-state index in [2.05, 4.69) is 5.32 Å². The Hall–Kier alpha value is -4.43. The van der Waals surface area contributed by atoms with E-state index in [1.54, 1.807) is 42.2 Å². The Morgan fingerprint density at radius 3 is 2.31 bits per heavy atom. The average Bonchev–Trinajstić information content (AvgIpc) is 3.03. The van der Waals surface area contributed by atoms with Gasteiger partial charge in [-0.2, -0.15) is 26.3 Å². The topological polar surface area (TPSA) is 101 Å². The van der Waals surface area contributed by atoms with Crippen molar-refractivity contribution in [3.8, 4) is 11.1 Å². The lowest BCUT2D eigenvalue weighted by atomic mass is 9.78. The average molecular weight is 690 g/mol. The van der Waals surface area contributed by atoms with Gasteiger partial charge >= 0.3 is 18.3 Å². The molecule has 8 nitrogen and oxygen atoms in total. The highest BCUT2D eigenvalue weighted by Gasteiger charge is 2.51. The van der Waals surface area contributed by atoms with Crippen molar-refractivity contribution in [2.75, 3.05) is 19.7 Å². The first-order chi connectivity index (χ1) is 23.0. The van der Waals surface area contributed by atoms with Crippen LogP contribution in [-0.4, -0.2) is 70.5 Å². The van der Waals surface area contributed by atoms with E-state index in [1.807, 2.05) is 0 Å². The van der Waals surface area contributed by atoms with Crippen LogP contribution >= 0.6 is 0 Å². The summed E-state index contributed by atoms with van der Waals surface area (Å²) in [7, 11) is 1.40. The van der Waals surface area contributed by atoms with E-state index in [1.165, 1.54) is 37.4 Å². The number of aryl methyl sites for hydroxylation is 1. The van der Waals surface area contributed by atoms with Gasteiger partial charge in [-0.25, -0.2) is 4.79 Å². The molecule has 3 atom stereocenters. The number of likely N-dealkylation sites (tertiary alicyclic amines) is 1. The summed E-state index contributed by atoms with van der Waals surface area (Å²) in [4.78, 5) is 41.1. The summed E-state index contributed by atoms with van der Waals surface area (Å²) in [6.45, 7) is 1.83. The molecular weight excluding hydrogens is 656 g/mol. The molecule has 1 aromatic heterocycles. The van der Waals surface area contributed by atoms with E-state index in [0.29, 0.717) is 22.8 Å². The third-order valence-electron chi connectivity index (χ3n) is 9.69. The van der Waals surface area contributed by atoms with Crippen molar-refractivity contribution in [1.29, 1.82) is 0 Å². The molecule has 260 valence electrons. The normalized spacial score (nSPS) is 20.6. The molecule has 3 heterocycles. The molecule has 2 unspecified atom stereocenters. The van der Waals surface area contributed by atoms with Crippen LogP contribution in [0.25, 0.3) is 32.8 Å². The molecule has 14 heteroatoms. The van der Waals surface area contributed by atoms with Crippen molar-refractivity contribution < 1.29 is 45.8 Å². The number of rotatable bonds is 7. The first-order valence-electron chi connectivity index (χ1n) is 15.7. The zero-order chi connectivity index (χ0) is 35.5. The first kappa shape index (κ1) is 34.4. The fourth-order valence-corrected chi connectivity index (χ4v) is 7.16. The van der Waals surface area contributed by atoms with Gasteiger partial charge < -0.3 is 19.7 Å². The molecule has 0 bridgehead atoms. The van der Waals surface area contributed by atoms with E-state index in [9.17, 15) is 45.8 Å². The summed E-state index contributed by atoms with van der Waals surface area (Å²) in [5.74, 6) is -1.92. The number of carbonyl (C=O) groups excluding carboxylic acids is 1. The number of fused-ring (bicyclic) bond motifs is 2. The quantitative estimate of drug-likeness (QED) is 0.234. The molecule has 2 N–H and O–H groups in total. The Morgan fingerprint density at radius 2 is 1.63 bits per heavy atom. The third kappa shape index (κ3) is 6.39. The van der Waals surface area contributed by atoms with Crippen molar-refractivity contribution in [2.45, 2.75) is 56.7 Å². The summed E-state index contributed by atoms with van der Waals surface area (Å²) in [6, 6.07) is 13.1. The number of hydrogen-bond donors (Lipinski definition) is 2. The fraction of sp³-hybridized carbons (Fsp3) is 0.400. The molecule has 2 aliphatic rings. The molecule has 1 amide bonds. The lowest BCUT2D eigenvalue weighted by molar-refractivity contribution is -0.240. The van der Waals surface area contributed by atoms with Gasteiger partial charge in [-0.1, -0.05) is 54.6 Å². The highest BCUT2D eigenvalue weighted by atomic mass is 19.4. The largest absolute Gasteiger partial charge is 0.480 e. The number of alkyl halides is 6. The smallest absolute Gasteiger partial charge is 0.417 e. The summed E-state index contributed by atoms with van der Waals surface area (Å²) in [6.07, 6.45) is -11.4. The molecule has 0 spiro atoms. The maximum absolute atomic E-state index is 14.7. The number of halogens is 6. The number of nitrogens with one attached hydrogen (secondary N) is 1. The van der Waals surface area contributed by atoms with E-state index < -0.39 is 64.5 Å². The van der Waals surface area contributed by atoms with Crippen molar-refractivity contribution >= 4 is 33.6 Å². The summed E-state index contributed by atoms with van der Waals surface area (Å²) >= 11 is 0.